The average molecular weight is 391 g/mol. The molecule has 6 atom stereocenters. The van der Waals surface area contributed by atoms with E-state index in [0.29, 0.717) is 5.56 Å². The summed E-state index contributed by atoms with van der Waals surface area (Å²) in [5.41, 5.74) is 0.660. The number of ether oxygens (including phenoxy) is 1. The SMILES string of the molecule is O=C1OC(=O)C2C3C=CC(C12)C1C(=O)N(c2nnc(-c4ccccc4)o2)C(=O)C31. The zero-order valence-electron chi connectivity index (χ0n) is 14.8. The third kappa shape index (κ3) is 1.99. The minimum atomic E-state index is -0.746. The number of cyclic esters (lactones) is 2. The lowest BCUT2D eigenvalue weighted by Crippen LogP contribution is -2.50. The van der Waals surface area contributed by atoms with Crippen LogP contribution in [-0.2, 0) is 23.9 Å². The summed E-state index contributed by atoms with van der Waals surface area (Å²) in [6, 6.07) is 8.79. The maximum atomic E-state index is 13.2. The van der Waals surface area contributed by atoms with Crippen LogP contribution in [0.3, 0.4) is 0 Å². The zero-order valence-corrected chi connectivity index (χ0v) is 14.8. The van der Waals surface area contributed by atoms with E-state index >= 15 is 0 Å². The molecule has 1 aromatic carbocycles. The van der Waals surface area contributed by atoms with Gasteiger partial charge in [0.1, 0.15) is 0 Å². The van der Waals surface area contributed by atoms with Gasteiger partial charge in [-0.05, 0) is 12.1 Å². The molecule has 2 amide bonds. The monoisotopic (exact) mass is 391 g/mol. The highest BCUT2D eigenvalue weighted by Gasteiger charge is 2.68. The summed E-state index contributed by atoms with van der Waals surface area (Å²) in [5, 5.41) is 7.84. The molecule has 0 N–H and O–H groups in total. The summed E-state index contributed by atoms with van der Waals surface area (Å²) in [6.07, 6.45) is 3.51. The first-order chi connectivity index (χ1) is 14.1. The van der Waals surface area contributed by atoms with Gasteiger partial charge in [0.15, 0.2) is 0 Å². The number of allylic oxidation sites excluding steroid dienone is 2. The first-order valence-electron chi connectivity index (χ1n) is 9.27. The van der Waals surface area contributed by atoms with E-state index in [1.165, 1.54) is 0 Å². The molecule has 29 heavy (non-hydrogen) atoms. The summed E-state index contributed by atoms with van der Waals surface area (Å²) in [4.78, 5) is 51.6. The minimum absolute atomic E-state index is 0.188. The van der Waals surface area contributed by atoms with Gasteiger partial charge in [-0.15, -0.1) is 5.10 Å². The van der Waals surface area contributed by atoms with Crippen molar-refractivity contribution in [2.24, 2.45) is 35.5 Å². The van der Waals surface area contributed by atoms with Crippen molar-refractivity contribution in [1.82, 2.24) is 10.2 Å². The van der Waals surface area contributed by atoms with Crippen LogP contribution < -0.4 is 4.90 Å². The van der Waals surface area contributed by atoms with Crippen LogP contribution in [-0.4, -0.2) is 34.0 Å². The van der Waals surface area contributed by atoms with E-state index in [9.17, 15) is 19.2 Å². The number of rotatable bonds is 2. The van der Waals surface area contributed by atoms with Crippen molar-refractivity contribution in [3.05, 3.63) is 42.5 Å². The number of hydrogen-bond donors (Lipinski definition) is 0. The Morgan fingerprint density at radius 2 is 1.34 bits per heavy atom. The molecule has 0 radical (unpaired) electrons. The first kappa shape index (κ1) is 16.3. The Balaban J connectivity index is 1.39. The molecular weight excluding hydrogens is 378 g/mol. The number of nitrogens with zero attached hydrogens (tertiary/aromatic N) is 3. The number of carbonyl (C=O) groups excluding carboxylic acids is 4. The van der Waals surface area contributed by atoms with Gasteiger partial charge in [-0.2, -0.15) is 4.90 Å². The van der Waals surface area contributed by atoms with E-state index in [1.54, 1.807) is 36.4 Å². The van der Waals surface area contributed by atoms with Crippen LogP contribution in [0.4, 0.5) is 6.01 Å². The van der Waals surface area contributed by atoms with Crippen LogP contribution in [0.1, 0.15) is 0 Å². The average Bonchev–Trinajstić information content (AvgIpc) is 3.40. The second-order valence-corrected chi connectivity index (χ2v) is 7.65. The lowest BCUT2D eigenvalue weighted by Gasteiger charge is -2.43. The van der Waals surface area contributed by atoms with Gasteiger partial charge in [0.2, 0.25) is 17.7 Å². The predicted molar refractivity (Wildman–Crippen MR) is 93.4 cm³/mol. The summed E-state index contributed by atoms with van der Waals surface area (Å²) < 4.78 is 10.4. The van der Waals surface area contributed by atoms with E-state index in [1.807, 2.05) is 6.07 Å². The van der Waals surface area contributed by atoms with Crippen molar-refractivity contribution in [1.29, 1.82) is 0 Å². The molecule has 2 aliphatic heterocycles. The predicted octanol–water partition coefficient (Wildman–Crippen LogP) is 0.974. The number of amides is 2. The molecule has 1 saturated carbocycles. The zero-order chi connectivity index (χ0) is 19.9. The number of carbonyl (C=O) groups is 4. The Morgan fingerprint density at radius 1 is 0.759 bits per heavy atom. The Kier molecular flexibility index (Phi) is 3.08. The lowest BCUT2D eigenvalue weighted by molar-refractivity contribution is -0.154. The molecule has 7 rings (SSSR count). The van der Waals surface area contributed by atoms with Gasteiger partial charge in [0.05, 0.1) is 23.7 Å². The Bertz CT molecular complexity index is 1070. The number of imide groups is 1. The lowest BCUT2D eigenvalue weighted by atomic mass is 9.54. The van der Waals surface area contributed by atoms with Gasteiger partial charge in [-0.25, -0.2) is 0 Å². The molecule has 144 valence electrons. The van der Waals surface area contributed by atoms with Crippen LogP contribution in [0.15, 0.2) is 46.9 Å². The Hall–Kier alpha value is -3.62. The molecule has 9 heteroatoms. The molecule has 6 unspecified atom stereocenters. The number of esters is 2. The van der Waals surface area contributed by atoms with Crippen LogP contribution in [0, 0.1) is 35.5 Å². The smallest absolute Gasteiger partial charge is 0.332 e. The maximum absolute atomic E-state index is 13.2. The number of benzene rings is 1. The van der Waals surface area contributed by atoms with E-state index in [0.717, 1.165) is 4.90 Å². The molecule has 3 fully saturated rings. The highest BCUT2D eigenvalue weighted by molar-refractivity contribution is 6.22. The van der Waals surface area contributed by atoms with Crippen molar-refractivity contribution < 1.29 is 28.3 Å². The summed E-state index contributed by atoms with van der Waals surface area (Å²) in [5.74, 6) is -6.11. The highest BCUT2D eigenvalue weighted by atomic mass is 16.6. The number of hydrogen-bond acceptors (Lipinski definition) is 8. The molecule has 9 nitrogen and oxygen atoms in total. The second-order valence-electron chi connectivity index (χ2n) is 7.65. The van der Waals surface area contributed by atoms with Crippen molar-refractivity contribution in [2.75, 3.05) is 4.90 Å². The largest absolute Gasteiger partial charge is 0.403 e. The van der Waals surface area contributed by atoms with Gasteiger partial charge in [0, 0.05) is 17.4 Å². The van der Waals surface area contributed by atoms with Crippen molar-refractivity contribution in [2.45, 2.75) is 0 Å². The Labute approximate surface area is 163 Å². The van der Waals surface area contributed by atoms with Gasteiger partial charge in [-0.1, -0.05) is 35.4 Å². The topological polar surface area (TPSA) is 120 Å². The fourth-order valence-corrected chi connectivity index (χ4v) is 5.22. The summed E-state index contributed by atoms with van der Waals surface area (Å²) >= 11 is 0. The molecule has 2 saturated heterocycles. The van der Waals surface area contributed by atoms with E-state index in [4.69, 9.17) is 9.15 Å². The third-order valence-electron chi connectivity index (χ3n) is 6.37. The van der Waals surface area contributed by atoms with Crippen LogP contribution in [0.2, 0.25) is 0 Å². The minimum Gasteiger partial charge on any atom is -0.403 e. The van der Waals surface area contributed by atoms with Crippen molar-refractivity contribution in [3.63, 3.8) is 0 Å². The van der Waals surface area contributed by atoms with Gasteiger partial charge in [0.25, 0.3) is 0 Å². The van der Waals surface area contributed by atoms with Crippen molar-refractivity contribution >= 4 is 29.8 Å². The summed E-state index contributed by atoms with van der Waals surface area (Å²) in [6.45, 7) is 0. The molecular formula is C20H13N3O6. The van der Waals surface area contributed by atoms with E-state index < -0.39 is 59.3 Å². The highest BCUT2D eigenvalue weighted by Crippen LogP contribution is 2.57. The third-order valence-corrected chi connectivity index (χ3v) is 6.37. The second kappa shape index (κ2) is 5.47. The molecule has 2 bridgehead atoms. The van der Waals surface area contributed by atoms with Gasteiger partial charge >= 0.3 is 18.0 Å². The molecule has 2 aromatic rings. The van der Waals surface area contributed by atoms with Gasteiger partial charge in [-0.3, -0.25) is 19.2 Å². The Morgan fingerprint density at radius 3 is 1.93 bits per heavy atom. The molecule has 1 aromatic heterocycles. The first-order valence-corrected chi connectivity index (χ1v) is 9.27. The van der Waals surface area contributed by atoms with Crippen LogP contribution in [0.5, 0.6) is 0 Å². The fourth-order valence-electron chi connectivity index (χ4n) is 5.22. The molecule has 3 heterocycles. The molecule has 3 aliphatic carbocycles. The number of aromatic nitrogens is 2. The van der Waals surface area contributed by atoms with E-state index in [2.05, 4.69) is 10.2 Å². The molecule has 5 aliphatic rings. The normalized spacial score (nSPS) is 34.6. The maximum Gasteiger partial charge on any atom is 0.332 e. The van der Waals surface area contributed by atoms with Crippen molar-refractivity contribution in [3.8, 4) is 11.5 Å². The number of anilines is 1. The standard InChI is InChI=1S/C20H13N3O6/c24-16-11-9-6-7-10(14-13(9)18(26)29-19(14)27)12(11)17(25)23(16)20-22-21-15(28-20)8-4-2-1-3-5-8/h1-7,9-14H. The fraction of sp³-hybridized carbons (Fsp3) is 0.300. The van der Waals surface area contributed by atoms with Gasteiger partial charge < -0.3 is 9.15 Å². The quantitative estimate of drug-likeness (QED) is 0.322. The van der Waals surface area contributed by atoms with Crippen LogP contribution in [0.25, 0.3) is 11.5 Å². The molecule has 0 spiro atoms. The summed E-state index contributed by atoms with van der Waals surface area (Å²) in [7, 11) is 0. The van der Waals surface area contributed by atoms with E-state index in [-0.39, 0.29) is 11.9 Å². The van der Waals surface area contributed by atoms with Crippen LogP contribution >= 0.6 is 0 Å².